The Morgan fingerprint density at radius 3 is 2.94 bits per heavy atom. The molecular formula is C12H22N2O2. The van der Waals surface area contributed by atoms with E-state index in [2.05, 4.69) is 5.32 Å². The molecule has 2 saturated heterocycles. The zero-order valence-corrected chi connectivity index (χ0v) is 10.5. The fourth-order valence-corrected chi connectivity index (χ4v) is 2.79. The minimum Gasteiger partial charge on any atom is -0.369 e. The molecule has 3 atom stereocenters. The molecule has 0 aromatic carbocycles. The average molecular weight is 226 g/mol. The van der Waals surface area contributed by atoms with Gasteiger partial charge in [-0.1, -0.05) is 6.92 Å². The number of carbonyl (C=O) groups is 1. The molecule has 16 heavy (non-hydrogen) atoms. The Morgan fingerprint density at radius 2 is 2.31 bits per heavy atom. The van der Waals surface area contributed by atoms with Crippen LogP contribution in [-0.4, -0.2) is 49.2 Å². The molecule has 0 aliphatic carbocycles. The highest BCUT2D eigenvalue weighted by molar-refractivity contribution is 5.85. The molecule has 0 spiro atoms. The number of carbonyl (C=O) groups excluding carboxylic acids is 1. The van der Waals surface area contributed by atoms with E-state index in [1.54, 1.807) is 7.11 Å². The number of methoxy groups -OCH3 is 1. The highest BCUT2D eigenvalue weighted by Crippen LogP contribution is 2.30. The third-order valence-electron chi connectivity index (χ3n) is 4.28. The van der Waals surface area contributed by atoms with E-state index in [1.807, 2.05) is 18.7 Å². The van der Waals surface area contributed by atoms with Crippen molar-refractivity contribution in [1.29, 1.82) is 0 Å². The summed E-state index contributed by atoms with van der Waals surface area (Å²) >= 11 is 0. The SMILES string of the molecule is CCC(C)(OC)C(=O)N1CC[C@H]2CNC[C@H]21. The molecule has 0 bridgehead atoms. The topological polar surface area (TPSA) is 41.6 Å². The number of fused-ring (bicyclic) bond motifs is 1. The zero-order valence-electron chi connectivity index (χ0n) is 10.5. The lowest BCUT2D eigenvalue weighted by Gasteiger charge is -2.33. The van der Waals surface area contributed by atoms with Gasteiger partial charge in [-0.3, -0.25) is 4.79 Å². The van der Waals surface area contributed by atoms with Gasteiger partial charge in [-0.2, -0.15) is 0 Å². The van der Waals surface area contributed by atoms with E-state index >= 15 is 0 Å². The first-order chi connectivity index (χ1) is 7.62. The average Bonchev–Trinajstić information content (AvgIpc) is 2.88. The van der Waals surface area contributed by atoms with Gasteiger partial charge in [-0.05, 0) is 25.7 Å². The van der Waals surface area contributed by atoms with Crippen molar-refractivity contribution in [1.82, 2.24) is 10.2 Å². The summed E-state index contributed by atoms with van der Waals surface area (Å²) < 4.78 is 5.40. The number of ether oxygens (including phenoxy) is 1. The van der Waals surface area contributed by atoms with E-state index in [9.17, 15) is 4.79 Å². The van der Waals surface area contributed by atoms with Crippen molar-refractivity contribution in [3.63, 3.8) is 0 Å². The van der Waals surface area contributed by atoms with Gasteiger partial charge in [0.05, 0.1) is 0 Å². The van der Waals surface area contributed by atoms with Gasteiger partial charge in [-0.15, -0.1) is 0 Å². The van der Waals surface area contributed by atoms with E-state index in [-0.39, 0.29) is 5.91 Å². The van der Waals surface area contributed by atoms with Gasteiger partial charge in [-0.25, -0.2) is 0 Å². The van der Waals surface area contributed by atoms with Gasteiger partial charge >= 0.3 is 0 Å². The summed E-state index contributed by atoms with van der Waals surface area (Å²) in [6.07, 6.45) is 1.86. The molecule has 2 fully saturated rings. The summed E-state index contributed by atoms with van der Waals surface area (Å²) in [5.41, 5.74) is -0.641. The lowest BCUT2D eigenvalue weighted by molar-refractivity contribution is -0.154. The molecule has 4 nitrogen and oxygen atoms in total. The van der Waals surface area contributed by atoms with Crippen LogP contribution in [0, 0.1) is 5.92 Å². The van der Waals surface area contributed by atoms with Crippen molar-refractivity contribution in [2.24, 2.45) is 5.92 Å². The Balaban J connectivity index is 2.10. The summed E-state index contributed by atoms with van der Waals surface area (Å²) in [6, 6.07) is 0.397. The standard InChI is InChI=1S/C12H22N2O2/c1-4-12(2,16-3)11(15)14-6-5-9-7-13-8-10(9)14/h9-10,13H,4-8H2,1-3H3/t9-,10+,12?/m0/s1. The zero-order chi connectivity index (χ0) is 11.8. The monoisotopic (exact) mass is 226 g/mol. The predicted molar refractivity (Wildman–Crippen MR) is 62.2 cm³/mol. The van der Waals surface area contributed by atoms with Crippen molar-refractivity contribution >= 4 is 5.91 Å². The predicted octanol–water partition coefficient (Wildman–Crippen LogP) is 0.622. The molecule has 1 N–H and O–H groups in total. The molecule has 1 unspecified atom stereocenters. The number of hydrogen-bond donors (Lipinski definition) is 1. The van der Waals surface area contributed by atoms with Crippen molar-refractivity contribution in [2.45, 2.75) is 38.3 Å². The van der Waals surface area contributed by atoms with Crippen LogP contribution in [0.3, 0.4) is 0 Å². The summed E-state index contributed by atoms with van der Waals surface area (Å²) in [5.74, 6) is 0.815. The maximum Gasteiger partial charge on any atom is 0.254 e. The Labute approximate surface area is 97.3 Å². The second-order valence-electron chi connectivity index (χ2n) is 5.06. The number of nitrogens with one attached hydrogen (secondary N) is 1. The minimum absolute atomic E-state index is 0.161. The van der Waals surface area contributed by atoms with Crippen LogP contribution in [0.2, 0.25) is 0 Å². The first-order valence-electron chi connectivity index (χ1n) is 6.19. The van der Waals surface area contributed by atoms with Gasteiger partial charge in [0.15, 0.2) is 0 Å². The first-order valence-corrected chi connectivity index (χ1v) is 6.19. The Hall–Kier alpha value is -0.610. The molecule has 92 valence electrons. The van der Waals surface area contributed by atoms with Crippen LogP contribution in [0.4, 0.5) is 0 Å². The molecule has 1 amide bonds. The van der Waals surface area contributed by atoms with E-state index in [0.29, 0.717) is 12.0 Å². The van der Waals surface area contributed by atoms with Crippen molar-refractivity contribution in [2.75, 3.05) is 26.7 Å². The van der Waals surface area contributed by atoms with Crippen LogP contribution in [0.1, 0.15) is 26.7 Å². The quantitative estimate of drug-likeness (QED) is 0.767. The lowest BCUT2D eigenvalue weighted by atomic mass is 10.00. The van der Waals surface area contributed by atoms with Crippen LogP contribution in [0.25, 0.3) is 0 Å². The molecule has 2 aliphatic heterocycles. The number of hydrogen-bond acceptors (Lipinski definition) is 3. The maximum atomic E-state index is 12.4. The van der Waals surface area contributed by atoms with Crippen LogP contribution in [-0.2, 0) is 9.53 Å². The van der Waals surface area contributed by atoms with Crippen LogP contribution in [0.15, 0.2) is 0 Å². The normalized spacial score (nSPS) is 32.6. The van der Waals surface area contributed by atoms with Gasteiger partial charge in [0, 0.05) is 32.8 Å². The molecule has 0 saturated carbocycles. The summed E-state index contributed by atoms with van der Waals surface area (Å²) in [5, 5.41) is 3.36. The van der Waals surface area contributed by atoms with Crippen molar-refractivity contribution < 1.29 is 9.53 Å². The molecule has 0 aromatic rings. The third kappa shape index (κ3) is 1.74. The summed E-state index contributed by atoms with van der Waals surface area (Å²) in [6.45, 7) is 6.80. The van der Waals surface area contributed by atoms with Gasteiger partial charge < -0.3 is 15.0 Å². The Bertz CT molecular complexity index is 276. The number of likely N-dealkylation sites (tertiary alicyclic amines) is 1. The van der Waals surface area contributed by atoms with Gasteiger partial charge in [0.1, 0.15) is 5.60 Å². The number of nitrogens with zero attached hydrogens (tertiary/aromatic N) is 1. The third-order valence-corrected chi connectivity index (χ3v) is 4.28. The van der Waals surface area contributed by atoms with Crippen LogP contribution < -0.4 is 5.32 Å². The molecular weight excluding hydrogens is 204 g/mol. The van der Waals surface area contributed by atoms with E-state index in [0.717, 1.165) is 32.5 Å². The fraction of sp³-hybridized carbons (Fsp3) is 0.917. The molecule has 2 heterocycles. The Kier molecular flexibility index (Phi) is 3.22. The second-order valence-corrected chi connectivity index (χ2v) is 5.06. The van der Waals surface area contributed by atoms with Crippen molar-refractivity contribution in [3.8, 4) is 0 Å². The largest absolute Gasteiger partial charge is 0.369 e. The fourth-order valence-electron chi connectivity index (χ4n) is 2.79. The van der Waals surface area contributed by atoms with Gasteiger partial charge in [0.2, 0.25) is 0 Å². The number of amides is 1. The maximum absolute atomic E-state index is 12.4. The van der Waals surface area contributed by atoms with E-state index in [4.69, 9.17) is 4.74 Å². The summed E-state index contributed by atoms with van der Waals surface area (Å²) in [7, 11) is 1.63. The van der Waals surface area contributed by atoms with Crippen LogP contribution in [0.5, 0.6) is 0 Å². The second kappa shape index (κ2) is 4.34. The molecule has 2 aliphatic rings. The van der Waals surface area contributed by atoms with Gasteiger partial charge in [0.25, 0.3) is 5.91 Å². The number of rotatable bonds is 3. The first kappa shape index (κ1) is 11.9. The molecule has 4 heteroatoms. The highest BCUT2D eigenvalue weighted by Gasteiger charge is 2.45. The summed E-state index contributed by atoms with van der Waals surface area (Å²) in [4.78, 5) is 14.5. The van der Waals surface area contributed by atoms with E-state index < -0.39 is 5.60 Å². The van der Waals surface area contributed by atoms with E-state index in [1.165, 1.54) is 0 Å². The molecule has 0 aromatic heterocycles. The molecule has 2 rings (SSSR count). The Morgan fingerprint density at radius 1 is 1.56 bits per heavy atom. The smallest absolute Gasteiger partial charge is 0.254 e. The minimum atomic E-state index is -0.641. The van der Waals surface area contributed by atoms with Crippen molar-refractivity contribution in [3.05, 3.63) is 0 Å². The molecule has 0 radical (unpaired) electrons. The lowest BCUT2D eigenvalue weighted by Crippen LogP contribution is -2.51. The van der Waals surface area contributed by atoms with Crippen LogP contribution >= 0.6 is 0 Å². The highest BCUT2D eigenvalue weighted by atomic mass is 16.5.